The highest BCUT2D eigenvalue weighted by Crippen LogP contribution is 2.17. The third kappa shape index (κ3) is 2.13. The van der Waals surface area contributed by atoms with Gasteiger partial charge in [-0.25, -0.2) is 4.98 Å². The van der Waals surface area contributed by atoms with E-state index in [4.69, 9.17) is 9.63 Å². The Kier molecular flexibility index (Phi) is 2.64. The zero-order valence-corrected chi connectivity index (χ0v) is 8.27. The van der Waals surface area contributed by atoms with Crippen LogP contribution in [0.25, 0.3) is 0 Å². The monoisotopic (exact) mass is 205 g/mol. The van der Waals surface area contributed by atoms with Gasteiger partial charge in [-0.15, -0.1) is 0 Å². The van der Waals surface area contributed by atoms with Gasteiger partial charge in [0.25, 0.3) is 0 Å². The smallest absolute Gasteiger partial charge is 0.175 e. The van der Waals surface area contributed by atoms with Crippen LogP contribution in [0.5, 0.6) is 0 Å². The van der Waals surface area contributed by atoms with Crippen molar-refractivity contribution in [1.82, 2.24) is 10.1 Å². The maximum Gasteiger partial charge on any atom is 0.175 e. The molecule has 2 aromatic rings. The maximum atomic E-state index is 9.08. The maximum absolute atomic E-state index is 9.08. The molecule has 78 valence electrons. The Balaban J connectivity index is 2.23. The lowest BCUT2D eigenvalue weighted by Gasteiger charge is -2.05. The predicted octanol–water partition coefficient (Wildman–Crippen LogP) is 1.61. The Morgan fingerprint density at radius 2 is 2.40 bits per heavy atom. The summed E-state index contributed by atoms with van der Waals surface area (Å²) in [7, 11) is 0. The molecule has 5 heteroatoms. The van der Waals surface area contributed by atoms with Crippen LogP contribution in [-0.2, 0) is 6.61 Å². The summed E-state index contributed by atoms with van der Waals surface area (Å²) in [5, 5.41) is 15.8. The Morgan fingerprint density at radius 1 is 1.53 bits per heavy atom. The molecule has 2 aromatic heterocycles. The van der Waals surface area contributed by atoms with Crippen molar-refractivity contribution in [3.05, 3.63) is 35.7 Å². The number of hydrogen-bond acceptors (Lipinski definition) is 5. The Morgan fingerprint density at radius 3 is 3.07 bits per heavy atom. The Hall–Kier alpha value is -1.88. The number of aryl methyl sites for hydroxylation is 1. The van der Waals surface area contributed by atoms with Crippen molar-refractivity contribution in [2.24, 2.45) is 0 Å². The summed E-state index contributed by atoms with van der Waals surface area (Å²) in [4.78, 5) is 4.10. The first-order chi connectivity index (χ1) is 7.29. The fourth-order valence-electron chi connectivity index (χ4n) is 1.23. The lowest BCUT2D eigenvalue weighted by Crippen LogP contribution is -1.98. The normalized spacial score (nSPS) is 10.3. The Labute approximate surface area is 86.7 Å². The van der Waals surface area contributed by atoms with Crippen molar-refractivity contribution < 1.29 is 9.63 Å². The van der Waals surface area contributed by atoms with Crippen LogP contribution in [0.15, 0.2) is 28.9 Å². The van der Waals surface area contributed by atoms with Crippen LogP contribution in [0.3, 0.4) is 0 Å². The second kappa shape index (κ2) is 4.10. The molecule has 0 atom stereocenters. The molecule has 0 bridgehead atoms. The average Bonchev–Trinajstić information content (AvgIpc) is 2.65. The fraction of sp³-hybridized carbons (Fsp3) is 0.200. The van der Waals surface area contributed by atoms with E-state index in [2.05, 4.69) is 15.5 Å². The molecule has 2 heterocycles. The molecule has 0 amide bonds. The van der Waals surface area contributed by atoms with Crippen LogP contribution in [0, 0.1) is 6.92 Å². The van der Waals surface area contributed by atoms with Gasteiger partial charge in [0.15, 0.2) is 5.82 Å². The van der Waals surface area contributed by atoms with E-state index in [9.17, 15) is 0 Å². The van der Waals surface area contributed by atoms with Gasteiger partial charge in [0, 0.05) is 17.8 Å². The number of nitrogens with one attached hydrogen (secondary N) is 1. The molecule has 2 N–H and O–H groups in total. The van der Waals surface area contributed by atoms with Crippen molar-refractivity contribution in [3.63, 3.8) is 0 Å². The molecule has 0 aliphatic carbocycles. The number of nitrogens with zero attached hydrogens (tertiary/aromatic N) is 2. The number of aliphatic hydroxyl groups excluding tert-OH is 1. The van der Waals surface area contributed by atoms with Gasteiger partial charge in [-0.05, 0) is 13.0 Å². The number of pyridine rings is 1. The molecule has 5 nitrogen and oxygen atoms in total. The molecule has 0 fully saturated rings. The first-order valence-corrected chi connectivity index (χ1v) is 4.54. The minimum atomic E-state index is -0.0625. The summed E-state index contributed by atoms with van der Waals surface area (Å²) >= 11 is 0. The fourth-order valence-corrected chi connectivity index (χ4v) is 1.23. The molecule has 2 rings (SSSR count). The van der Waals surface area contributed by atoms with Crippen LogP contribution in [0.2, 0.25) is 0 Å². The van der Waals surface area contributed by atoms with E-state index in [0.717, 1.165) is 11.3 Å². The third-order valence-electron chi connectivity index (χ3n) is 1.94. The van der Waals surface area contributed by atoms with Gasteiger partial charge in [0.1, 0.15) is 11.6 Å². The minimum Gasteiger partial charge on any atom is -0.392 e. The molecule has 0 aliphatic heterocycles. The van der Waals surface area contributed by atoms with Crippen LogP contribution < -0.4 is 5.32 Å². The lowest BCUT2D eigenvalue weighted by atomic mass is 10.2. The first kappa shape index (κ1) is 9.67. The average molecular weight is 205 g/mol. The van der Waals surface area contributed by atoms with Gasteiger partial charge in [0.05, 0.1) is 6.61 Å². The van der Waals surface area contributed by atoms with Gasteiger partial charge in [-0.3, -0.25) is 0 Å². The zero-order valence-electron chi connectivity index (χ0n) is 8.27. The summed E-state index contributed by atoms with van der Waals surface area (Å²) in [6, 6.07) is 5.32. The number of anilines is 2. The van der Waals surface area contributed by atoms with Crippen molar-refractivity contribution >= 4 is 11.6 Å². The van der Waals surface area contributed by atoms with E-state index in [1.165, 1.54) is 0 Å². The highest BCUT2D eigenvalue weighted by molar-refractivity contribution is 5.55. The van der Waals surface area contributed by atoms with Gasteiger partial charge in [0.2, 0.25) is 0 Å². The number of rotatable bonds is 3. The molecule has 0 saturated heterocycles. The molecule has 0 aromatic carbocycles. The SMILES string of the molecule is Cc1cc(Nc2ncccc2CO)no1. The summed E-state index contributed by atoms with van der Waals surface area (Å²) in [6.07, 6.45) is 1.65. The minimum absolute atomic E-state index is 0.0625. The van der Waals surface area contributed by atoms with Gasteiger partial charge in [-0.1, -0.05) is 11.2 Å². The van der Waals surface area contributed by atoms with Crippen molar-refractivity contribution in [3.8, 4) is 0 Å². The van der Waals surface area contributed by atoms with Crippen molar-refractivity contribution in [2.75, 3.05) is 5.32 Å². The largest absolute Gasteiger partial charge is 0.392 e. The van der Waals surface area contributed by atoms with E-state index < -0.39 is 0 Å². The van der Waals surface area contributed by atoms with Crippen LogP contribution in [0.1, 0.15) is 11.3 Å². The van der Waals surface area contributed by atoms with E-state index in [1.807, 2.05) is 6.92 Å². The summed E-state index contributed by atoms with van der Waals surface area (Å²) < 4.78 is 4.91. The first-order valence-electron chi connectivity index (χ1n) is 4.54. The van der Waals surface area contributed by atoms with Gasteiger partial charge < -0.3 is 14.9 Å². The standard InChI is InChI=1S/C10H11N3O2/c1-7-5-9(13-15-7)12-10-8(6-14)3-2-4-11-10/h2-5,14H,6H2,1H3,(H,11,12,13). The topological polar surface area (TPSA) is 71.2 Å². The molecule has 0 unspecified atom stereocenters. The molecular weight excluding hydrogens is 194 g/mol. The van der Waals surface area contributed by atoms with E-state index in [-0.39, 0.29) is 6.61 Å². The molecule has 0 radical (unpaired) electrons. The summed E-state index contributed by atoms with van der Waals surface area (Å²) in [5.74, 6) is 1.90. The second-order valence-corrected chi connectivity index (χ2v) is 3.12. The van der Waals surface area contributed by atoms with Crippen molar-refractivity contribution in [1.29, 1.82) is 0 Å². The summed E-state index contributed by atoms with van der Waals surface area (Å²) in [5.41, 5.74) is 0.721. The molecule has 15 heavy (non-hydrogen) atoms. The van der Waals surface area contributed by atoms with E-state index in [1.54, 1.807) is 24.4 Å². The highest BCUT2D eigenvalue weighted by Gasteiger charge is 2.05. The number of aliphatic hydroxyl groups is 1. The third-order valence-corrected chi connectivity index (χ3v) is 1.94. The number of aromatic nitrogens is 2. The Bertz CT molecular complexity index is 453. The summed E-state index contributed by atoms with van der Waals surface area (Å²) in [6.45, 7) is 1.75. The molecule has 0 aliphatic rings. The van der Waals surface area contributed by atoms with Gasteiger partial charge >= 0.3 is 0 Å². The lowest BCUT2D eigenvalue weighted by molar-refractivity contribution is 0.282. The molecule has 0 saturated carbocycles. The van der Waals surface area contributed by atoms with Gasteiger partial charge in [-0.2, -0.15) is 0 Å². The van der Waals surface area contributed by atoms with Crippen LogP contribution in [-0.4, -0.2) is 15.2 Å². The molecule has 0 spiro atoms. The highest BCUT2D eigenvalue weighted by atomic mass is 16.5. The predicted molar refractivity (Wildman–Crippen MR) is 54.7 cm³/mol. The zero-order chi connectivity index (χ0) is 10.7. The van der Waals surface area contributed by atoms with E-state index in [0.29, 0.717) is 11.6 Å². The van der Waals surface area contributed by atoms with Crippen LogP contribution in [0.4, 0.5) is 11.6 Å². The quantitative estimate of drug-likeness (QED) is 0.796. The van der Waals surface area contributed by atoms with Crippen LogP contribution >= 0.6 is 0 Å². The van der Waals surface area contributed by atoms with Crippen molar-refractivity contribution in [2.45, 2.75) is 13.5 Å². The second-order valence-electron chi connectivity index (χ2n) is 3.12. The number of hydrogen-bond donors (Lipinski definition) is 2. The molecular formula is C10H11N3O2. The van der Waals surface area contributed by atoms with E-state index >= 15 is 0 Å².